The van der Waals surface area contributed by atoms with Crippen LogP contribution in [0.1, 0.15) is 66.7 Å². The molecule has 6 nitrogen and oxygen atoms in total. The minimum absolute atomic E-state index is 0.000202. The Balaban J connectivity index is 1.33. The monoisotopic (exact) mass is 510 g/mol. The number of pyridine rings is 1. The first-order valence-electron chi connectivity index (χ1n) is 12.9. The highest BCUT2D eigenvalue weighted by Gasteiger charge is 2.35. The highest BCUT2D eigenvalue weighted by Crippen LogP contribution is 2.43. The van der Waals surface area contributed by atoms with E-state index in [1.165, 1.54) is 18.1 Å². The molecule has 1 saturated carbocycles. The molecule has 2 aliphatic rings. The van der Waals surface area contributed by atoms with E-state index in [0.717, 1.165) is 49.4 Å². The fourth-order valence-corrected chi connectivity index (χ4v) is 5.40. The molecule has 0 spiro atoms. The van der Waals surface area contributed by atoms with Gasteiger partial charge in [0, 0.05) is 44.5 Å². The number of hydrogen-bond donors (Lipinski definition) is 1. The van der Waals surface area contributed by atoms with E-state index in [4.69, 9.17) is 0 Å². The number of halogens is 3. The van der Waals surface area contributed by atoms with Crippen molar-refractivity contribution < 1.29 is 13.2 Å². The third-order valence-corrected chi connectivity index (χ3v) is 7.50. The summed E-state index contributed by atoms with van der Waals surface area (Å²) in [6.45, 7) is 4.12. The van der Waals surface area contributed by atoms with Gasteiger partial charge in [0.1, 0.15) is 12.2 Å². The van der Waals surface area contributed by atoms with Crippen LogP contribution in [0.15, 0.2) is 54.5 Å². The second-order valence-corrected chi connectivity index (χ2v) is 10.3. The first-order chi connectivity index (χ1) is 17.8. The maximum absolute atomic E-state index is 14.0. The molecule has 0 amide bonds. The fraction of sp³-hybridized carbons (Fsp3) is 0.464. The molecule has 1 aromatic carbocycles. The predicted molar refractivity (Wildman–Crippen MR) is 137 cm³/mol. The van der Waals surface area contributed by atoms with Gasteiger partial charge in [-0.1, -0.05) is 30.2 Å². The predicted octanol–water partition coefficient (Wildman–Crippen LogP) is 5.93. The zero-order valence-electron chi connectivity index (χ0n) is 21.3. The van der Waals surface area contributed by atoms with Crippen LogP contribution in [0.5, 0.6) is 0 Å². The summed E-state index contributed by atoms with van der Waals surface area (Å²) in [5, 5.41) is 11.6. The maximum Gasteiger partial charge on any atom is 0.418 e. The van der Waals surface area contributed by atoms with Crippen molar-refractivity contribution in [1.82, 2.24) is 24.6 Å². The van der Waals surface area contributed by atoms with Crippen LogP contribution in [-0.2, 0) is 26.3 Å². The molecule has 1 aliphatic heterocycles. The molecule has 196 valence electrons. The van der Waals surface area contributed by atoms with Gasteiger partial charge in [0.25, 0.3) is 0 Å². The molecule has 2 aromatic heterocycles. The number of nitrogens with zero attached hydrogens (tertiary/aromatic N) is 5. The van der Waals surface area contributed by atoms with Crippen LogP contribution < -0.4 is 5.32 Å². The van der Waals surface area contributed by atoms with Gasteiger partial charge in [-0.2, -0.15) is 13.2 Å². The van der Waals surface area contributed by atoms with E-state index in [-0.39, 0.29) is 18.2 Å². The Labute approximate surface area is 215 Å². The van der Waals surface area contributed by atoms with E-state index < -0.39 is 11.7 Å². The number of hydrogen-bond acceptors (Lipinski definition) is 5. The van der Waals surface area contributed by atoms with Gasteiger partial charge >= 0.3 is 6.18 Å². The van der Waals surface area contributed by atoms with Gasteiger partial charge in [-0.25, -0.2) is 0 Å². The maximum atomic E-state index is 14.0. The van der Waals surface area contributed by atoms with Gasteiger partial charge in [0.2, 0.25) is 0 Å². The second-order valence-electron chi connectivity index (χ2n) is 10.3. The number of alkyl halides is 3. The summed E-state index contributed by atoms with van der Waals surface area (Å²) in [4.78, 5) is 6.42. The third kappa shape index (κ3) is 5.87. The van der Waals surface area contributed by atoms with Crippen molar-refractivity contribution in [2.45, 2.75) is 57.8 Å². The Kier molecular flexibility index (Phi) is 7.33. The lowest BCUT2D eigenvalue weighted by Crippen LogP contribution is -2.29. The summed E-state index contributed by atoms with van der Waals surface area (Å²) in [5.74, 6) is 1.51. The first-order valence-corrected chi connectivity index (χ1v) is 12.9. The summed E-state index contributed by atoms with van der Waals surface area (Å²) in [6.07, 6.45) is 5.39. The highest BCUT2D eigenvalue weighted by atomic mass is 19.4. The van der Waals surface area contributed by atoms with Crippen LogP contribution in [0.4, 0.5) is 18.9 Å². The van der Waals surface area contributed by atoms with Crippen molar-refractivity contribution in [1.29, 1.82) is 0 Å². The molecule has 3 heterocycles. The Morgan fingerprint density at radius 3 is 2.70 bits per heavy atom. The molecule has 3 aromatic rings. The Bertz CT molecular complexity index is 1260. The van der Waals surface area contributed by atoms with E-state index in [9.17, 15) is 13.2 Å². The third-order valence-electron chi connectivity index (χ3n) is 7.50. The zero-order valence-corrected chi connectivity index (χ0v) is 21.3. The quantitative estimate of drug-likeness (QED) is 0.381. The lowest BCUT2D eigenvalue weighted by molar-refractivity contribution is -0.138. The molecular weight excluding hydrogens is 477 g/mol. The molecule has 1 fully saturated rings. The van der Waals surface area contributed by atoms with Crippen LogP contribution >= 0.6 is 0 Å². The van der Waals surface area contributed by atoms with Crippen LogP contribution in [0.25, 0.3) is 0 Å². The van der Waals surface area contributed by atoms with Gasteiger partial charge in [-0.15, -0.1) is 10.2 Å². The minimum Gasteiger partial charge on any atom is -0.379 e. The first kappa shape index (κ1) is 25.4. The topological polar surface area (TPSA) is 58.9 Å². The Morgan fingerprint density at radius 2 is 2.03 bits per heavy atom. The Hall–Kier alpha value is -3.20. The van der Waals surface area contributed by atoms with Crippen molar-refractivity contribution in [3.8, 4) is 0 Å². The summed E-state index contributed by atoms with van der Waals surface area (Å²) >= 11 is 0. The minimum atomic E-state index is -4.47. The van der Waals surface area contributed by atoms with E-state index in [1.807, 2.05) is 29.8 Å². The summed E-state index contributed by atoms with van der Waals surface area (Å²) in [7, 11) is 1.94. The number of aromatic nitrogens is 4. The van der Waals surface area contributed by atoms with Crippen molar-refractivity contribution in [2.75, 3.05) is 18.4 Å². The SMILES string of the molecule is CC1=CCCN(Cc2cnc(CNc3cccc(C(c4nncn4C)C4CCC4)c3)c(C(F)(F)F)c2)C1. The standard InChI is InChI=1S/C28H33F3N6/c1-19-6-5-11-37(16-19)17-20-12-24(28(29,30)31)25(33-14-20)15-32-23-10-4-9-22(13-23)26(21-7-3-8-21)27-35-34-18-36(27)2/h4,6,9-10,12-14,18,21,26,32H,3,5,7-8,11,15-17H2,1-2H3. The average Bonchev–Trinajstić information content (AvgIpc) is 3.25. The summed E-state index contributed by atoms with van der Waals surface area (Å²) in [5.41, 5.74) is 3.01. The van der Waals surface area contributed by atoms with E-state index in [1.54, 1.807) is 12.5 Å². The Morgan fingerprint density at radius 1 is 1.19 bits per heavy atom. The molecule has 0 saturated heterocycles. The van der Waals surface area contributed by atoms with E-state index in [2.05, 4.69) is 44.5 Å². The smallest absolute Gasteiger partial charge is 0.379 e. The van der Waals surface area contributed by atoms with Gasteiger partial charge in [0.05, 0.1) is 17.8 Å². The molecule has 1 aliphatic carbocycles. The van der Waals surface area contributed by atoms with Crippen molar-refractivity contribution in [3.05, 3.63) is 82.7 Å². The molecule has 1 unspecified atom stereocenters. The largest absolute Gasteiger partial charge is 0.418 e. The van der Waals surface area contributed by atoms with Crippen molar-refractivity contribution in [3.63, 3.8) is 0 Å². The lowest BCUT2D eigenvalue weighted by Gasteiger charge is -2.33. The molecule has 0 radical (unpaired) electrons. The summed E-state index contributed by atoms with van der Waals surface area (Å²) < 4.78 is 43.9. The molecule has 9 heteroatoms. The average molecular weight is 511 g/mol. The van der Waals surface area contributed by atoms with Crippen LogP contribution in [0, 0.1) is 5.92 Å². The van der Waals surface area contributed by atoms with Crippen LogP contribution in [0.2, 0.25) is 0 Å². The number of nitrogens with one attached hydrogen (secondary N) is 1. The number of rotatable bonds is 8. The number of anilines is 1. The van der Waals surface area contributed by atoms with E-state index in [0.29, 0.717) is 18.0 Å². The van der Waals surface area contributed by atoms with E-state index >= 15 is 0 Å². The van der Waals surface area contributed by atoms with Crippen molar-refractivity contribution >= 4 is 5.69 Å². The molecule has 1 N–H and O–H groups in total. The molecule has 37 heavy (non-hydrogen) atoms. The van der Waals surface area contributed by atoms with Gasteiger partial charge < -0.3 is 9.88 Å². The van der Waals surface area contributed by atoms with Crippen LogP contribution in [-0.4, -0.2) is 37.7 Å². The van der Waals surface area contributed by atoms with Gasteiger partial charge in [0.15, 0.2) is 0 Å². The molecule has 1 atom stereocenters. The number of benzene rings is 1. The molecule has 0 bridgehead atoms. The fourth-order valence-electron chi connectivity index (χ4n) is 5.40. The second kappa shape index (κ2) is 10.7. The lowest BCUT2D eigenvalue weighted by atomic mass is 9.72. The van der Waals surface area contributed by atoms with Gasteiger partial charge in [-0.05, 0) is 61.4 Å². The van der Waals surface area contributed by atoms with Crippen LogP contribution in [0.3, 0.4) is 0 Å². The summed E-state index contributed by atoms with van der Waals surface area (Å²) in [6, 6.07) is 9.16. The van der Waals surface area contributed by atoms with Crippen molar-refractivity contribution in [2.24, 2.45) is 13.0 Å². The highest BCUT2D eigenvalue weighted by molar-refractivity contribution is 5.48. The zero-order chi connectivity index (χ0) is 26.0. The molecule has 5 rings (SSSR count). The molecular formula is C28H33F3N6. The van der Waals surface area contributed by atoms with Gasteiger partial charge in [-0.3, -0.25) is 9.88 Å². The normalized spacial score (nSPS) is 17.8. The number of aryl methyl sites for hydroxylation is 1.